The predicted octanol–water partition coefficient (Wildman–Crippen LogP) is 2.36. The molecule has 1 aliphatic heterocycles. The van der Waals surface area contributed by atoms with Gasteiger partial charge in [-0.05, 0) is 24.3 Å². The molecule has 1 saturated heterocycles. The van der Waals surface area contributed by atoms with Gasteiger partial charge in [0.25, 0.3) is 0 Å². The maximum Gasteiger partial charge on any atom is 0.243 e. The van der Waals surface area contributed by atoms with Crippen LogP contribution in [0, 0.1) is 0 Å². The Kier molecular flexibility index (Phi) is 4.53. The Labute approximate surface area is 172 Å². The van der Waals surface area contributed by atoms with Crippen molar-refractivity contribution in [2.24, 2.45) is 0 Å². The minimum absolute atomic E-state index is 0.337. The lowest BCUT2D eigenvalue weighted by atomic mass is 10.2. The second-order valence-corrected chi connectivity index (χ2v) is 9.56. The summed E-state index contributed by atoms with van der Waals surface area (Å²) < 4.78 is 28.9. The average molecular weight is 427 g/mol. The number of aromatic nitrogens is 4. The molecule has 0 N–H and O–H groups in total. The van der Waals surface area contributed by atoms with Gasteiger partial charge in [0, 0.05) is 44.1 Å². The smallest absolute Gasteiger partial charge is 0.243 e. The second kappa shape index (κ2) is 7.21. The molecular formula is C19H18N6O2S2. The van der Waals surface area contributed by atoms with Crippen LogP contribution in [0.2, 0.25) is 0 Å². The van der Waals surface area contributed by atoms with Gasteiger partial charge in [0.05, 0.1) is 16.8 Å². The summed E-state index contributed by atoms with van der Waals surface area (Å²) in [6, 6.07) is 12.4. The van der Waals surface area contributed by atoms with E-state index in [1.807, 2.05) is 24.4 Å². The summed E-state index contributed by atoms with van der Waals surface area (Å²) in [5.41, 5.74) is 1.79. The fourth-order valence-electron chi connectivity index (χ4n) is 3.33. The predicted molar refractivity (Wildman–Crippen MR) is 112 cm³/mol. The zero-order valence-electron chi connectivity index (χ0n) is 15.4. The number of rotatable bonds is 4. The third kappa shape index (κ3) is 3.39. The molecule has 0 unspecified atom stereocenters. The Balaban J connectivity index is 1.31. The minimum atomic E-state index is -3.45. The highest BCUT2D eigenvalue weighted by atomic mass is 32.2. The molecule has 4 heterocycles. The van der Waals surface area contributed by atoms with E-state index in [1.54, 1.807) is 41.2 Å². The third-order valence-corrected chi connectivity index (χ3v) is 7.78. The lowest BCUT2D eigenvalue weighted by Gasteiger charge is -2.33. The van der Waals surface area contributed by atoms with E-state index in [-0.39, 0.29) is 0 Å². The molecule has 0 atom stereocenters. The number of hydrogen-bond acceptors (Lipinski definition) is 7. The van der Waals surface area contributed by atoms with E-state index in [0.29, 0.717) is 31.1 Å². The molecule has 29 heavy (non-hydrogen) atoms. The molecule has 10 heteroatoms. The van der Waals surface area contributed by atoms with Gasteiger partial charge in [-0.1, -0.05) is 29.5 Å². The monoisotopic (exact) mass is 426 g/mol. The van der Waals surface area contributed by atoms with Crippen LogP contribution in [-0.4, -0.2) is 58.5 Å². The van der Waals surface area contributed by atoms with Gasteiger partial charge in [-0.3, -0.25) is 4.98 Å². The molecule has 0 spiro atoms. The Hall–Kier alpha value is -2.82. The third-order valence-electron chi connectivity index (χ3n) is 4.88. The zero-order valence-corrected chi connectivity index (χ0v) is 17.1. The number of pyridine rings is 1. The lowest BCUT2D eigenvalue weighted by Crippen LogP contribution is -2.48. The first kappa shape index (κ1) is 18.2. The van der Waals surface area contributed by atoms with Crippen molar-refractivity contribution in [1.82, 2.24) is 23.9 Å². The molecule has 1 aromatic carbocycles. The second-order valence-electron chi connectivity index (χ2n) is 6.68. The Morgan fingerprint density at radius 2 is 1.76 bits per heavy atom. The fourth-order valence-corrected chi connectivity index (χ4v) is 5.71. The van der Waals surface area contributed by atoms with Gasteiger partial charge in [0.1, 0.15) is 0 Å². The molecule has 148 valence electrons. The molecule has 0 amide bonds. The highest BCUT2D eigenvalue weighted by molar-refractivity contribution is 7.89. The molecule has 1 fully saturated rings. The molecule has 4 aromatic rings. The maximum absolute atomic E-state index is 12.8. The summed E-state index contributed by atoms with van der Waals surface area (Å²) in [5, 5.41) is 5.49. The highest BCUT2D eigenvalue weighted by Gasteiger charge is 2.29. The fraction of sp³-hybridized carbons (Fsp3) is 0.211. The van der Waals surface area contributed by atoms with Gasteiger partial charge in [0.2, 0.25) is 20.1 Å². The van der Waals surface area contributed by atoms with E-state index in [1.165, 1.54) is 15.6 Å². The van der Waals surface area contributed by atoms with E-state index in [4.69, 9.17) is 0 Å². The van der Waals surface area contributed by atoms with Crippen LogP contribution < -0.4 is 4.90 Å². The van der Waals surface area contributed by atoms with Gasteiger partial charge in [-0.15, -0.1) is 5.10 Å². The van der Waals surface area contributed by atoms with Crippen molar-refractivity contribution in [2.75, 3.05) is 31.1 Å². The molecule has 3 aromatic heterocycles. The minimum Gasteiger partial charge on any atom is -0.344 e. The summed E-state index contributed by atoms with van der Waals surface area (Å²) in [7, 11) is -3.45. The maximum atomic E-state index is 12.8. The molecule has 0 saturated carbocycles. The molecule has 8 nitrogen and oxygen atoms in total. The first-order valence-electron chi connectivity index (χ1n) is 9.18. The van der Waals surface area contributed by atoms with Crippen LogP contribution in [0.4, 0.5) is 5.13 Å². The SMILES string of the molecule is O=S(=O)(c1ccccc1)N1CCN(c2nn3cc(-c4cccnc4)nc3s2)CC1. The van der Waals surface area contributed by atoms with Crippen LogP contribution in [0.5, 0.6) is 0 Å². The Morgan fingerprint density at radius 3 is 2.45 bits per heavy atom. The van der Waals surface area contributed by atoms with Crippen molar-refractivity contribution >= 4 is 31.5 Å². The van der Waals surface area contributed by atoms with Gasteiger partial charge in [-0.2, -0.15) is 4.31 Å². The van der Waals surface area contributed by atoms with Crippen molar-refractivity contribution in [2.45, 2.75) is 4.90 Å². The number of sulfonamides is 1. The first-order chi connectivity index (χ1) is 14.1. The van der Waals surface area contributed by atoms with Crippen LogP contribution in [0.3, 0.4) is 0 Å². The van der Waals surface area contributed by atoms with E-state index >= 15 is 0 Å². The van der Waals surface area contributed by atoms with Crippen LogP contribution in [0.1, 0.15) is 0 Å². The number of benzene rings is 1. The van der Waals surface area contributed by atoms with Gasteiger partial charge in [0.15, 0.2) is 0 Å². The van der Waals surface area contributed by atoms with Crippen molar-refractivity contribution < 1.29 is 8.42 Å². The Bertz CT molecular complexity index is 1200. The van der Waals surface area contributed by atoms with E-state index in [0.717, 1.165) is 21.3 Å². The van der Waals surface area contributed by atoms with Crippen molar-refractivity contribution in [3.63, 3.8) is 0 Å². The summed E-state index contributed by atoms with van der Waals surface area (Å²) >= 11 is 1.50. The number of nitrogens with zero attached hydrogens (tertiary/aromatic N) is 6. The van der Waals surface area contributed by atoms with E-state index in [2.05, 4.69) is 20.0 Å². The number of anilines is 1. The summed E-state index contributed by atoms with van der Waals surface area (Å²) in [4.78, 5) is 12.0. The molecule has 0 radical (unpaired) electrons. The van der Waals surface area contributed by atoms with Gasteiger partial charge >= 0.3 is 0 Å². The van der Waals surface area contributed by atoms with Crippen LogP contribution in [-0.2, 0) is 10.0 Å². The normalized spacial score (nSPS) is 15.8. The molecule has 5 rings (SSSR count). The standard InChI is InChI=1S/C19H18N6O2S2/c26-29(27,16-6-2-1-3-7-16)24-11-9-23(10-12-24)19-22-25-14-17(21-18(25)28-19)15-5-4-8-20-13-15/h1-8,13-14H,9-12H2. The molecular weight excluding hydrogens is 408 g/mol. The Morgan fingerprint density at radius 1 is 0.966 bits per heavy atom. The number of hydrogen-bond donors (Lipinski definition) is 0. The van der Waals surface area contributed by atoms with E-state index in [9.17, 15) is 8.42 Å². The topological polar surface area (TPSA) is 83.7 Å². The number of fused-ring (bicyclic) bond motifs is 1. The van der Waals surface area contributed by atoms with Crippen LogP contribution in [0.15, 0.2) is 66.0 Å². The van der Waals surface area contributed by atoms with E-state index < -0.39 is 10.0 Å². The molecule has 1 aliphatic rings. The van der Waals surface area contributed by atoms with Gasteiger partial charge < -0.3 is 4.90 Å². The van der Waals surface area contributed by atoms with Gasteiger partial charge in [-0.25, -0.2) is 17.9 Å². The summed E-state index contributed by atoms with van der Waals surface area (Å²) in [6.07, 6.45) is 5.40. The summed E-state index contributed by atoms with van der Waals surface area (Å²) in [5.74, 6) is 0. The lowest BCUT2D eigenvalue weighted by molar-refractivity contribution is 0.384. The zero-order chi connectivity index (χ0) is 19.8. The first-order valence-corrected chi connectivity index (χ1v) is 11.4. The number of imidazole rings is 1. The number of piperazine rings is 1. The molecule has 0 bridgehead atoms. The quantitative estimate of drug-likeness (QED) is 0.498. The van der Waals surface area contributed by atoms with Crippen LogP contribution >= 0.6 is 11.3 Å². The van der Waals surface area contributed by atoms with Crippen molar-refractivity contribution in [3.8, 4) is 11.3 Å². The summed E-state index contributed by atoms with van der Waals surface area (Å²) in [6.45, 7) is 2.05. The van der Waals surface area contributed by atoms with Crippen LogP contribution in [0.25, 0.3) is 16.2 Å². The average Bonchev–Trinajstić information content (AvgIpc) is 3.35. The highest BCUT2D eigenvalue weighted by Crippen LogP contribution is 2.28. The largest absolute Gasteiger partial charge is 0.344 e. The molecule has 0 aliphatic carbocycles. The van der Waals surface area contributed by atoms with Crippen molar-refractivity contribution in [1.29, 1.82) is 0 Å². The van der Waals surface area contributed by atoms with Crippen molar-refractivity contribution in [3.05, 3.63) is 61.1 Å².